The number of carbonyl (C=O) groups is 2. The Balaban J connectivity index is 1.48. The number of imidazole rings is 1. The molecule has 0 bridgehead atoms. The Morgan fingerprint density at radius 2 is 1.86 bits per heavy atom. The molecular formula is C29H35F3N6O5. The quantitative estimate of drug-likeness (QED) is 0.381. The van der Waals surface area contributed by atoms with E-state index in [2.05, 4.69) is 10.3 Å². The van der Waals surface area contributed by atoms with Crippen molar-refractivity contribution in [3.63, 3.8) is 0 Å². The highest BCUT2D eigenvalue weighted by molar-refractivity contribution is 5.88. The highest BCUT2D eigenvalue weighted by Gasteiger charge is 2.53. The van der Waals surface area contributed by atoms with Gasteiger partial charge in [-0.3, -0.25) is 0 Å². The molecule has 0 radical (unpaired) electrons. The number of esters is 1. The first-order chi connectivity index (χ1) is 20.2. The Kier molecular flexibility index (Phi) is 7.92. The van der Waals surface area contributed by atoms with E-state index in [9.17, 15) is 22.8 Å². The number of alkyl carbamates (subject to hydrolysis) is 1. The number of anilines is 2. The SMILES string of the molecule is Cc1c(Cc2c(COC(=O)C3(NC(=O)OC(C)(C)C)CC3)nc3c(N)cc(N4CCOCC4)nn23)cccc1C(F)(F)F. The van der Waals surface area contributed by atoms with Crippen LogP contribution in [0, 0.1) is 6.92 Å². The minimum absolute atomic E-state index is 0.0180. The Morgan fingerprint density at radius 3 is 2.49 bits per heavy atom. The summed E-state index contributed by atoms with van der Waals surface area (Å²) >= 11 is 0. The highest BCUT2D eigenvalue weighted by atomic mass is 19.4. The summed E-state index contributed by atoms with van der Waals surface area (Å²) < 4.78 is 59.0. The third-order valence-electron chi connectivity index (χ3n) is 7.44. The average molecular weight is 605 g/mol. The summed E-state index contributed by atoms with van der Waals surface area (Å²) in [6.07, 6.45) is -4.48. The van der Waals surface area contributed by atoms with Gasteiger partial charge in [-0.1, -0.05) is 12.1 Å². The molecular weight excluding hydrogens is 569 g/mol. The third kappa shape index (κ3) is 6.63. The number of benzene rings is 1. The molecule has 1 saturated heterocycles. The summed E-state index contributed by atoms with van der Waals surface area (Å²) in [5.41, 5.74) is 5.49. The number of carbonyl (C=O) groups excluding carboxylic acids is 2. The molecule has 2 aliphatic rings. The number of hydrogen-bond acceptors (Lipinski definition) is 9. The minimum atomic E-state index is -4.52. The van der Waals surface area contributed by atoms with Crippen LogP contribution >= 0.6 is 0 Å². The number of nitrogens with one attached hydrogen (secondary N) is 1. The van der Waals surface area contributed by atoms with Gasteiger partial charge < -0.3 is 30.2 Å². The number of aromatic nitrogens is 3. The summed E-state index contributed by atoms with van der Waals surface area (Å²) in [7, 11) is 0. The first-order valence-corrected chi connectivity index (χ1v) is 14.0. The Hall–Kier alpha value is -4.07. The van der Waals surface area contributed by atoms with Gasteiger partial charge >= 0.3 is 18.2 Å². The van der Waals surface area contributed by atoms with Gasteiger partial charge in [0.15, 0.2) is 11.5 Å². The molecule has 43 heavy (non-hydrogen) atoms. The van der Waals surface area contributed by atoms with Crippen molar-refractivity contribution in [2.24, 2.45) is 0 Å². The normalized spacial score (nSPS) is 16.7. The lowest BCUT2D eigenvalue weighted by atomic mass is 9.98. The standard InChI is InChI=1S/C29H35F3N6O5/c1-17-18(6-5-7-19(17)29(30,31)32)14-22-21(16-42-25(39)28(8-9-28)35-26(40)43-27(2,3)4)34-24-20(33)15-23(36-38(22)24)37-10-12-41-13-11-37/h5-7,15H,8-14,16,33H2,1-4H3,(H,35,40). The third-order valence-corrected chi connectivity index (χ3v) is 7.44. The molecule has 3 heterocycles. The predicted molar refractivity (Wildman–Crippen MR) is 151 cm³/mol. The molecule has 2 aromatic heterocycles. The fraction of sp³-hybridized carbons (Fsp3) is 0.517. The van der Waals surface area contributed by atoms with E-state index in [0.29, 0.717) is 61.9 Å². The number of rotatable bonds is 7. The second-order valence-electron chi connectivity index (χ2n) is 11.8. The number of nitrogens with zero attached hydrogens (tertiary/aromatic N) is 4. The van der Waals surface area contributed by atoms with Crippen LogP contribution in [0.2, 0.25) is 0 Å². The van der Waals surface area contributed by atoms with Crippen molar-refractivity contribution in [2.45, 2.75) is 70.9 Å². The number of morpholine rings is 1. The van der Waals surface area contributed by atoms with Crippen LogP contribution < -0.4 is 16.0 Å². The smallest absolute Gasteiger partial charge is 0.416 e. The molecule has 0 unspecified atom stereocenters. The maximum atomic E-state index is 13.7. The maximum absolute atomic E-state index is 13.7. The van der Waals surface area contributed by atoms with Crippen LogP contribution in [0.3, 0.4) is 0 Å². The number of nitrogen functional groups attached to an aromatic ring is 1. The van der Waals surface area contributed by atoms with Gasteiger partial charge in [-0.05, 0) is 57.7 Å². The van der Waals surface area contributed by atoms with Crippen molar-refractivity contribution in [3.8, 4) is 0 Å². The number of amides is 1. The van der Waals surface area contributed by atoms with Crippen LogP contribution in [-0.2, 0) is 38.2 Å². The van der Waals surface area contributed by atoms with Crippen LogP contribution in [0.25, 0.3) is 5.65 Å². The van der Waals surface area contributed by atoms with E-state index in [1.54, 1.807) is 32.9 Å². The number of hydrogen-bond donors (Lipinski definition) is 2. The molecule has 1 aromatic carbocycles. The number of nitrogens with two attached hydrogens (primary N) is 1. The number of ether oxygens (including phenoxy) is 3. The van der Waals surface area contributed by atoms with Gasteiger partial charge in [-0.25, -0.2) is 19.1 Å². The molecule has 3 N–H and O–H groups in total. The van der Waals surface area contributed by atoms with E-state index in [1.165, 1.54) is 17.5 Å². The van der Waals surface area contributed by atoms with E-state index >= 15 is 0 Å². The van der Waals surface area contributed by atoms with E-state index < -0.39 is 34.9 Å². The van der Waals surface area contributed by atoms with Crippen LogP contribution in [0.5, 0.6) is 0 Å². The van der Waals surface area contributed by atoms with Gasteiger partial charge in [-0.15, -0.1) is 5.10 Å². The van der Waals surface area contributed by atoms with Gasteiger partial charge in [0.1, 0.15) is 23.4 Å². The highest BCUT2D eigenvalue weighted by Crippen LogP contribution is 2.38. The van der Waals surface area contributed by atoms with E-state index in [1.807, 2.05) is 4.90 Å². The topological polar surface area (TPSA) is 133 Å². The number of halogens is 3. The Morgan fingerprint density at radius 1 is 1.16 bits per heavy atom. The molecule has 1 amide bonds. The van der Waals surface area contributed by atoms with Crippen molar-refractivity contribution in [1.29, 1.82) is 0 Å². The zero-order valence-electron chi connectivity index (χ0n) is 24.5. The Labute approximate surface area is 246 Å². The lowest BCUT2D eigenvalue weighted by Gasteiger charge is -2.27. The fourth-order valence-corrected chi connectivity index (χ4v) is 5.00. The fourth-order valence-electron chi connectivity index (χ4n) is 5.00. The average Bonchev–Trinajstić information content (AvgIpc) is 3.61. The van der Waals surface area contributed by atoms with Crippen LogP contribution in [0.4, 0.5) is 29.5 Å². The van der Waals surface area contributed by atoms with Gasteiger partial charge in [-0.2, -0.15) is 13.2 Å². The molecule has 1 saturated carbocycles. The lowest BCUT2D eigenvalue weighted by Crippen LogP contribution is -2.46. The first kappa shape index (κ1) is 30.4. The van der Waals surface area contributed by atoms with Gasteiger partial charge in [0, 0.05) is 25.6 Å². The maximum Gasteiger partial charge on any atom is 0.416 e. The monoisotopic (exact) mass is 604 g/mol. The summed E-state index contributed by atoms with van der Waals surface area (Å²) in [4.78, 5) is 32.0. The lowest BCUT2D eigenvalue weighted by molar-refractivity contribution is -0.149. The molecule has 0 spiro atoms. The zero-order valence-corrected chi connectivity index (χ0v) is 24.5. The van der Waals surface area contributed by atoms with Gasteiger partial charge in [0.2, 0.25) is 0 Å². The second kappa shape index (κ2) is 11.2. The summed E-state index contributed by atoms with van der Waals surface area (Å²) in [6, 6.07) is 5.69. The zero-order chi connectivity index (χ0) is 31.2. The van der Waals surface area contributed by atoms with Crippen LogP contribution in [0.1, 0.15) is 61.7 Å². The van der Waals surface area contributed by atoms with Crippen molar-refractivity contribution in [2.75, 3.05) is 36.9 Å². The Bertz CT molecular complexity index is 1540. The van der Waals surface area contributed by atoms with E-state index in [4.69, 9.17) is 25.0 Å². The van der Waals surface area contributed by atoms with Crippen molar-refractivity contribution < 1.29 is 37.0 Å². The molecule has 232 valence electrons. The summed E-state index contributed by atoms with van der Waals surface area (Å²) in [5, 5.41) is 7.35. The van der Waals surface area contributed by atoms with Gasteiger partial charge in [0.05, 0.1) is 30.2 Å². The van der Waals surface area contributed by atoms with Crippen LogP contribution in [0.15, 0.2) is 24.3 Å². The van der Waals surface area contributed by atoms with Gasteiger partial charge in [0.25, 0.3) is 0 Å². The van der Waals surface area contributed by atoms with Crippen LogP contribution in [-0.4, -0.2) is 64.1 Å². The molecule has 11 nitrogen and oxygen atoms in total. The second-order valence-corrected chi connectivity index (χ2v) is 11.8. The molecule has 0 atom stereocenters. The molecule has 1 aliphatic carbocycles. The summed E-state index contributed by atoms with van der Waals surface area (Å²) in [6.45, 7) is 8.46. The van der Waals surface area contributed by atoms with Crippen molar-refractivity contribution >= 4 is 29.2 Å². The van der Waals surface area contributed by atoms with Crippen molar-refractivity contribution in [3.05, 3.63) is 52.3 Å². The van der Waals surface area contributed by atoms with E-state index in [0.717, 1.165) is 6.07 Å². The number of alkyl halides is 3. The first-order valence-electron chi connectivity index (χ1n) is 14.0. The number of fused-ring (bicyclic) bond motifs is 1. The molecule has 2 fully saturated rings. The molecule has 5 rings (SSSR count). The van der Waals surface area contributed by atoms with Crippen molar-refractivity contribution in [1.82, 2.24) is 19.9 Å². The molecule has 1 aliphatic heterocycles. The molecule has 3 aromatic rings. The summed E-state index contributed by atoms with van der Waals surface area (Å²) in [5.74, 6) is -0.0960. The van der Waals surface area contributed by atoms with E-state index in [-0.39, 0.29) is 29.9 Å². The predicted octanol–water partition coefficient (Wildman–Crippen LogP) is 4.17. The minimum Gasteiger partial charge on any atom is -0.457 e. The largest absolute Gasteiger partial charge is 0.457 e. The molecule has 14 heteroatoms.